The summed E-state index contributed by atoms with van der Waals surface area (Å²) in [6, 6.07) is 2.15. The monoisotopic (exact) mass is 276 g/mol. The Bertz CT molecular complexity index is 616. The van der Waals surface area contributed by atoms with Crippen LogP contribution in [0.4, 0.5) is 5.82 Å². The molecule has 0 N–H and O–H groups in total. The lowest BCUT2D eigenvalue weighted by Gasteiger charge is -2.33. The molecule has 2 aromatic heterocycles. The minimum Gasteiger partial charge on any atom is -0.352 e. The number of hydrogen-bond acceptors (Lipinski definition) is 5. The predicted octanol–water partition coefficient (Wildman–Crippen LogP) is 1.59. The maximum Gasteiger partial charge on any atom is 0.209 e. The van der Waals surface area contributed by atoms with E-state index in [4.69, 9.17) is 0 Å². The summed E-state index contributed by atoms with van der Waals surface area (Å²) in [5.74, 6) is 1.82. The fourth-order valence-corrected chi connectivity index (χ4v) is 3.33. The van der Waals surface area contributed by atoms with Gasteiger partial charge in [0.1, 0.15) is 16.5 Å². The number of aromatic nitrogens is 2. The van der Waals surface area contributed by atoms with Crippen molar-refractivity contribution in [3.8, 4) is 0 Å². The molecule has 1 amide bonds. The summed E-state index contributed by atoms with van der Waals surface area (Å²) in [7, 11) is 0. The lowest BCUT2D eigenvalue weighted by Crippen LogP contribution is -2.46. The largest absolute Gasteiger partial charge is 0.352 e. The Labute approximate surface area is 115 Å². The van der Waals surface area contributed by atoms with Gasteiger partial charge in [0, 0.05) is 31.1 Å². The number of carbonyl (C=O) groups is 1. The smallest absolute Gasteiger partial charge is 0.209 e. The SMILES string of the molecule is Cc1nc(N2CCN(C=O)CC2)c2cc(C)sc2n1. The molecule has 0 aliphatic carbocycles. The van der Waals surface area contributed by atoms with E-state index < -0.39 is 0 Å². The molecule has 1 saturated heterocycles. The number of rotatable bonds is 2. The summed E-state index contributed by atoms with van der Waals surface area (Å²) in [4.78, 5) is 26.2. The lowest BCUT2D eigenvalue weighted by molar-refractivity contribution is -0.118. The third-order valence-corrected chi connectivity index (χ3v) is 4.31. The van der Waals surface area contributed by atoms with Gasteiger partial charge in [-0.05, 0) is 19.9 Å². The van der Waals surface area contributed by atoms with E-state index in [2.05, 4.69) is 27.9 Å². The molecule has 100 valence electrons. The molecule has 1 aliphatic heterocycles. The second kappa shape index (κ2) is 4.77. The summed E-state index contributed by atoms with van der Waals surface area (Å²) < 4.78 is 0. The lowest BCUT2D eigenvalue weighted by atomic mass is 10.2. The molecule has 19 heavy (non-hydrogen) atoms. The van der Waals surface area contributed by atoms with Gasteiger partial charge in [0.05, 0.1) is 5.39 Å². The molecule has 3 heterocycles. The zero-order valence-corrected chi connectivity index (χ0v) is 11.9. The molecule has 0 spiro atoms. The molecular formula is C13H16N4OS. The van der Waals surface area contributed by atoms with Crippen LogP contribution in [0.15, 0.2) is 6.07 Å². The van der Waals surface area contributed by atoms with Crippen molar-refractivity contribution in [2.24, 2.45) is 0 Å². The quantitative estimate of drug-likeness (QED) is 0.782. The standard InChI is InChI=1S/C13H16N4OS/c1-9-7-11-12(14-10(2)15-13(11)19-9)17-5-3-16(8-18)4-6-17/h7-8H,3-6H2,1-2H3. The van der Waals surface area contributed by atoms with E-state index in [-0.39, 0.29) is 0 Å². The summed E-state index contributed by atoms with van der Waals surface area (Å²) in [6.07, 6.45) is 0.924. The van der Waals surface area contributed by atoms with Gasteiger partial charge < -0.3 is 9.80 Å². The topological polar surface area (TPSA) is 49.3 Å². The van der Waals surface area contributed by atoms with Crippen molar-refractivity contribution in [3.63, 3.8) is 0 Å². The Morgan fingerprint density at radius 2 is 1.95 bits per heavy atom. The normalized spacial score (nSPS) is 16.1. The maximum absolute atomic E-state index is 10.8. The number of anilines is 1. The highest BCUT2D eigenvalue weighted by Crippen LogP contribution is 2.30. The first-order valence-electron chi connectivity index (χ1n) is 6.36. The third kappa shape index (κ3) is 2.28. The van der Waals surface area contributed by atoms with E-state index in [1.807, 2.05) is 6.92 Å². The van der Waals surface area contributed by atoms with E-state index in [0.717, 1.165) is 54.4 Å². The second-order valence-electron chi connectivity index (χ2n) is 4.80. The summed E-state index contributed by atoms with van der Waals surface area (Å²) in [5.41, 5.74) is 0. The number of piperazine rings is 1. The van der Waals surface area contributed by atoms with Crippen LogP contribution >= 0.6 is 11.3 Å². The fourth-order valence-electron chi connectivity index (χ4n) is 2.41. The maximum atomic E-state index is 10.8. The fraction of sp³-hybridized carbons (Fsp3) is 0.462. The van der Waals surface area contributed by atoms with Crippen LogP contribution in [0.1, 0.15) is 10.7 Å². The Kier molecular flexibility index (Phi) is 3.10. The van der Waals surface area contributed by atoms with E-state index in [1.165, 1.54) is 4.88 Å². The van der Waals surface area contributed by atoms with Gasteiger partial charge in [-0.25, -0.2) is 9.97 Å². The first-order chi connectivity index (χ1) is 9.17. The highest BCUT2D eigenvalue weighted by atomic mass is 32.1. The minimum atomic E-state index is 0.761. The third-order valence-electron chi connectivity index (χ3n) is 3.37. The molecule has 6 heteroatoms. The summed E-state index contributed by atoms with van der Waals surface area (Å²) in [5, 5.41) is 1.13. The average molecular weight is 276 g/mol. The van der Waals surface area contributed by atoms with Crippen LogP contribution in [0.3, 0.4) is 0 Å². The Morgan fingerprint density at radius 3 is 2.63 bits per heavy atom. The van der Waals surface area contributed by atoms with E-state index in [0.29, 0.717) is 0 Å². The Balaban J connectivity index is 1.98. The first kappa shape index (κ1) is 12.3. The van der Waals surface area contributed by atoms with Gasteiger partial charge in [-0.2, -0.15) is 0 Å². The first-order valence-corrected chi connectivity index (χ1v) is 7.18. The van der Waals surface area contributed by atoms with Gasteiger partial charge in [-0.15, -0.1) is 11.3 Å². The van der Waals surface area contributed by atoms with Gasteiger partial charge >= 0.3 is 0 Å². The zero-order chi connectivity index (χ0) is 13.4. The van der Waals surface area contributed by atoms with E-state index >= 15 is 0 Å². The molecule has 0 radical (unpaired) electrons. The second-order valence-corrected chi connectivity index (χ2v) is 6.03. The van der Waals surface area contributed by atoms with Crippen LogP contribution in [0, 0.1) is 13.8 Å². The number of thiophene rings is 1. The molecule has 0 unspecified atom stereocenters. The predicted molar refractivity (Wildman–Crippen MR) is 76.7 cm³/mol. The molecular weight excluding hydrogens is 260 g/mol. The highest BCUT2D eigenvalue weighted by molar-refractivity contribution is 7.18. The molecule has 0 bridgehead atoms. The van der Waals surface area contributed by atoms with Crippen molar-refractivity contribution in [2.45, 2.75) is 13.8 Å². The minimum absolute atomic E-state index is 0.761. The molecule has 1 fully saturated rings. The zero-order valence-electron chi connectivity index (χ0n) is 11.1. The number of nitrogens with zero attached hydrogens (tertiary/aromatic N) is 4. The average Bonchev–Trinajstić information content (AvgIpc) is 2.78. The number of carbonyl (C=O) groups excluding carboxylic acids is 1. The van der Waals surface area contributed by atoms with Gasteiger partial charge in [0.15, 0.2) is 0 Å². The van der Waals surface area contributed by atoms with E-state index in [1.54, 1.807) is 16.2 Å². The molecule has 0 aromatic carbocycles. The summed E-state index contributed by atoms with van der Waals surface area (Å²) in [6.45, 7) is 7.21. The molecule has 0 atom stereocenters. The van der Waals surface area contributed by atoms with Crippen molar-refractivity contribution in [3.05, 3.63) is 16.8 Å². The number of fused-ring (bicyclic) bond motifs is 1. The van der Waals surface area contributed by atoms with Crippen LogP contribution in [0.25, 0.3) is 10.2 Å². The van der Waals surface area contributed by atoms with Crippen LogP contribution in [0.5, 0.6) is 0 Å². The van der Waals surface area contributed by atoms with Gasteiger partial charge in [0.2, 0.25) is 6.41 Å². The highest BCUT2D eigenvalue weighted by Gasteiger charge is 2.20. The van der Waals surface area contributed by atoms with Crippen molar-refractivity contribution >= 4 is 33.8 Å². The molecule has 0 saturated carbocycles. The van der Waals surface area contributed by atoms with Crippen molar-refractivity contribution in [2.75, 3.05) is 31.1 Å². The molecule has 1 aliphatic rings. The molecule has 5 nitrogen and oxygen atoms in total. The van der Waals surface area contributed by atoms with Crippen molar-refractivity contribution in [1.82, 2.24) is 14.9 Å². The Morgan fingerprint density at radius 1 is 1.21 bits per heavy atom. The molecule has 3 rings (SSSR count). The van der Waals surface area contributed by atoms with Crippen LogP contribution in [-0.2, 0) is 4.79 Å². The van der Waals surface area contributed by atoms with E-state index in [9.17, 15) is 4.79 Å². The molecule has 2 aromatic rings. The van der Waals surface area contributed by atoms with Gasteiger partial charge in [-0.3, -0.25) is 4.79 Å². The number of aryl methyl sites for hydroxylation is 2. The van der Waals surface area contributed by atoms with Crippen LogP contribution in [-0.4, -0.2) is 47.5 Å². The van der Waals surface area contributed by atoms with Gasteiger partial charge in [-0.1, -0.05) is 0 Å². The Hall–Kier alpha value is -1.69. The summed E-state index contributed by atoms with van der Waals surface area (Å²) >= 11 is 1.71. The number of hydrogen-bond donors (Lipinski definition) is 0. The number of amides is 1. The van der Waals surface area contributed by atoms with Crippen molar-refractivity contribution in [1.29, 1.82) is 0 Å². The van der Waals surface area contributed by atoms with Gasteiger partial charge in [0.25, 0.3) is 0 Å². The van der Waals surface area contributed by atoms with Crippen LogP contribution in [0.2, 0.25) is 0 Å². The van der Waals surface area contributed by atoms with Crippen molar-refractivity contribution < 1.29 is 4.79 Å². The van der Waals surface area contributed by atoms with Crippen LogP contribution < -0.4 is 4.90 Å².